The summed E-state index contributed by atoms with van der Waals surface area (Å²) in [6, 6.07) is 16.4. The number of hydrogen-bond acceptors (Lipinski definition) is 4. The molecule has 0 bridgehead atoms. The molecule has 0 amide bonds. The summed E-state index contributed by atoms with van der Waals surface area (Å²) in [5.74, 6) is 1.65. The van der Waals surface area contributed by atoms with Crippen molar-refractivity contribution in [1.82, 2.24) is 9.97 Å². The second-order valence-corrected chi connectivity index (χ2v) is 7.27. The molecule has 1 unspecified atom stereocenters. The average molecular weight is 417 g/mol. The predicted molar refractivity (Wildman–Crippen MR) is 104 cm³/mol. The van der Waals surface area contributed by atoms with Gasteiger partial charge in [-0.3, -0.25) is 0 Å². The third-order valence-electron chi connectivity index (χ3n) is 4.32. The Morgan fingerprint density at radius 1 is 1.08 bits per heavy atom. The van der Waals surface area contributed by atoms with Crippen LogP contribution in [0, 0.1) is 0 Å². The van der Waals surface area contributed by atoms with Crippen molar-refractivity contribution in [3.63, 3.8) is 0 Å². The number of methoxy groups -OCH3 is 1. The SMILES string of the molecule is COc1ccc(-c2ccc3c(c2)N(c2cc(Cl)ncn2)CC3Br)cc1. The normalized spacial score (nSPS) is 16.0. The number of fused-ring (bicyclic) bond motifs is 1. The minimum atomic E-state index is 0.251. The fourth-order valence-corrected chi connectivity index (χ4v) is 3.87. The Labute approximate surface area is 159 Å². The first-order chi connectivity index (χ1) is 12.2. The Morgan fingerprint density at radius 2 is 1.84 bits per heavy atom. The highest BCUT2D eigenvalue weighted by atomic mass is 79.9. The highest BCUT2D eigenvalue weighted by Gasteiger charge is 2.29. The van der Waals surface area contributed by atoms with E-state index in [2.05, 4.69) is 61.1 Å². The van der Waals surface area contributed by atoms with E-state index >= 15 is 0 Å². The van der Waals surface area contributed by atoms with E-state index in [1.54, 1.807) is 13.2 Å². The third kappa shape index (κ3) is 3.10. The number of benzene rings is 2. The zero-order chi connectivity index (χ0) is 17.4. The van der Waals surface area contributed by atoms with E-state index in [1.807, 2.05) is 12.1 Å². The molecule has 0 fully saturated rings. The van der Waals surface area contributed by atoms with Gasteiger partial charge in [0, 0.05) is 18.3 Å². The van der Waals surface area contributed by atoms with E-state index in [-0.39, 0.29) is 4.83 Å². The zero-order valence-corrected chi connectivity index (χ0v) is 15.8. The summed E-state index contributed by atoms with van der Waals surface area (Å²) in [5.41, 5.74) is 4.66. The van der Waals surface area contributed by atoms with E-state index < -0.39 is 0 Å². The molecule has 1 aliphatic heterocycles. The lowest BCUT2D eigenvalue weighted by Crippen LogP contribution is -2.15. The van der Waals surface area contributed by atoms with E-state index in [0.29, 0.717) is 5.15 Å². The van der Waals surface area contributed by atoms with Crippen molar-refractivity contribution in [1.29, 1.82) is 0 Å². The van der Waals surface area contributed by atoms with E-state index in [0.717, 1.165) is 34.9 Å². The molecule has 0 N–H and O–H groups in total. The fraction of sp³-hybridized carbons (Fsp3) is 0.158. The Morgan fingerprint density at radius 3 is 2.56 bits per heavy atom. The minimum Gasteiger partial charge on any atom is -0.497 e. The lowest BCUT2D eigenvalue weighted by molar-refractivity contribution is 0.415. The van der Waals surface area contributed by atoms with Gasteiger partial charge in [-0.1, -0.05) is 51.8 Å². The molecule has 2 heterocycles. The first kappa shape index (κ1) is 16.4. The van der Waals surface area contributed by atoms with Gasteiger partial charge in [0.2, 0.25) is 0 Å². The van der Waals surface area contributed by atoms with Crippen LogP contribution in [-0.4, -0.2) is 23.6 Å². The first-order valence-corrected chi connectivity index (χ1v) is 9.12. The summed E-state index contributed by atoms with van der Waals surface area (Å²) in [6.45, 7) is 0.800. The largest absolute Gasteiger partial charge is 0.497 e. The van der Waals surface area contributed by atoms with Crippen LogP contribution in [0.3, 0.4) is 0 Å². The van der Waals surface area contributed by atoms with Crippen LogP contribution in [0.1, 0.15) is 10.4 Å². The van der Waals surface area contributed by atoms with E-state index in [1.165, 1.54) is 11.9 Å². The molecule has 2 aromatic carbocycles. The summed E-state index contributed by atoms with van der Waals surface area (Å²) in [4.78, 5) is 10.8. The van der Waals surface area contributed by atoms with Crippen LogP contribution in [0.25, 0.3) is 11.1 Å². The molecule has 0 spiro atoms. The van der Waals surface area contributed by atoms with Crippen LogP contribution in [-0.2, 0) is 0 Å². The molecular weight excluding hydrogens is 402 g/mol. The zero-order valence-electron chi connectivity index (χ0n) is 13.5. The topological polar surface area (TPSA) is 38.2 Å². The Bertz CT molecular complexity index is 917. The quantitative estimate of drug-likeness (QED) is 0.423. The number of anilines is 2. The van der Waals surface area contributed by atoms with Gasteiger partial charge in [0.25, 0.3) is 0 Å². The number of hydrogen-bond donors (Lipinski definition) is 0. The van der Waals surface area contributed by atoms with Gasteiger partial charge in [0.05, 0.1) is 11.9 Å². The van der Waals surface area contributed by atoms with Gasteiger partial charge >= 0.3 is 0 Å². The molecule has 25 heavy (non-hydrogen) atoms. The van der Waals surface area contributed by atoms with Gasteiger partial charge in [-0.25, -0.2) is 9.97 Å². The number of alkyl halides is 1. The summed E-state index contributed by atoms with van der Waals surface area (Å²) in [5, 5.41) is 0.441. The van der Waals surface area contributed by atoms with Crippen LogP contribution >= 0.6 is 27.5 Å². The fourth-order valence-electron chi connectivity index (χ4n) is 3.05. The molecule has 4 rings (SSSR count). The second kappa shape index (κ2) is 6.65. The number of ether oxygens (including phenoxy) is 1. The van der Waals surface area contributed by atoms with Crippen LogP contribution in [0.2, 0.25) is 5.15 Å². The lowest BCUT2D eigenvalue weighted by atomic mass is 10.0. The van der Waals surface area contributed by atoms with Crippen molar-refractivity contribution in [3.8, 4) is 16.9 Å². The van der Waals surface area contributed by atoms with Crippen molar-refractivity contribution in [3.05, 3.63) is 65.6 Å². The summed E-state index contributed by atoms with van der Waals surface area (Å²) >= 11 is 9.80. The molecule has 126 valence electrons. The van der Waals surface area contributed by atoms with Crippen molar-refractivity contribution in [2.75, 3.05) is 18.6 Å². The number of aromatic nitrogens is 2. The summed E-state index contributed by atoms with van der Waals surface area (Å²) in [6.07, 6.45) is 1.49. The predicted octanol–water partition coefficient (Wildman–Crippen LogP) is 5.39. The maximum Gasteiger partial charge on any atom is 0.137 e. The summed E-state index contributed by atoms with van der Waals surface area (Å²) in [7, 11) is 1.67. The summed E-state index contributed by atoms with van der Waals surface area (Å²) < 4.78 is 5.24. The first-order valence-electron chi connectivity index (χ1n) is 7.83. The van der Waals surface area contributed by atoms with Crippen LogP contribution in [0.15, 0.2) is 54.9 Å². The molecule has 6 heteroatoms. The van der Waals surface area contributed by atoms with Crippen molar-refractivity contribution < 1.29 is 4.74 Å². The maximum atomic E-state index is 6.04. The van der Waals surface area contributed by atoms with Crippen LogP contribution < -0.4 is 9.64 Å². The highest BCUT2D eigenvalue weighted by Crippen LogP contribution is 2.45. The number of halogens is 2. The van der Waals surface area contributed by atoms with Crippen molar-refractivity contribution in [2.45, 2.75) is 4.83 Å². The molecule has 3 aromatic rings. The molecule has 0 aliphatic carbocycles. The molecule has 1 atom stereocenters. The van der Waals surface area contributed by atoms with Crippen molar-refractivity contribution in [2.24, 2.45) is 0 Å². The van der Waals surface area contributed by atoms with Crippen LogP contribution in [0.5, 0.6) is 5.75 Å². The standard InChI is InChI=1S/C19H15BrClN3O/c1-25-14-5-2-12(3-6-14)13-4-7-15-16(20)10-24(17(15)8-13)19-9-18(21)22-11-23-19/h2-9,11,16H,10H2,1H3. The Kier molecular flexibility index (Phi) is 4.36. The van der Waals surface area contributed by atoms with Gasteiger partial charge in [-0.05, 0) is 34.9 Å². The van der Waals surface area contributed by atoms with Gasteiger partial charge in [-0.2, -0.15) is 0 Å². The molecule has 1 aliphatic rings. The number of nitrogens with zero attached hydrogens (tertiary/aromatic N) is 3. The molecule has 4 nitrogen and oxygen atoms in total. The maximum absolute atomic E-state index is 6.04. The molecule has 0 radical (unpaired) electrons. The Balaban J connectivity index is 1.76. The Hall–Kier alpha value is -2.11. The molecule has 0 saturated carbocycles. The van der Waals surface area contributed by atoms with Gasteiger partial charge in [0.1, 0.15) is 23.0 Å². The van der Waals surface area contributed by atoms with Gasteiger partial charge in [-0.15, -0.1) is 0 Å². The van der Waals surface area contributed by atoms with Crippen LogP contribution in [0.4, 0.5) is 11.5 Å². The molecule has 0 saturated heterocycles. The lowest BCUT2D eigenvalue weighted by Gasteiger charge is -2.19. The third-order valence-corrected chi connectivity index (χ3v) is 5.31. The van der Waals surface area contributed by atoms with E-state index in [9.17, 15) is 0 Å². The second-order valence-electron chi connectivity index (χ2n) is 5.78. The van der Waals surface area contributed by atoms with E-state index in [4.69, 9.17) is 16.3 Å². The van der Waals surface area contributed by atoms with Gasteiger partial charge in [0.15, 0.2) is 0 Å². The highest BCUT2D eigenvalue weighted by molar-refractivity contribution is 9.09. The monoisotopic (exact) mass is 415 g/mol. The minimum absolute atomic E-state index is 0.251. The average Bonchev–Trinajstić information content (AvgIpc) is 2.98. The smallest absolute Gasteiger partial charge is 0.137 e. The molecular formula is C19H15BrClN3O. The van der Waals surface area contributed by atoms with Gasteiger partial charge < -0.3 is 9.64 Å². The van der Waals surface area contributed by atoms with Crippen molar-refractivity contribution >= 4 is 39.0 Å². The number of rotatable bonds is 3. The molecule has 1 aromatic heterocycles.